The molecule has 126 valence electrons. The average molecular weight is 351 g/mol. The topological polar surface area (TPSA) is 76.7 Å². The predicted octanol–water partition coefficient (Wildman–Crippen LogP) is 4.01. The molecule has 0 aliphatic heterocycles. The Balaban J connectivity index is 1.47. The maximum Gasteiger partial charge on any atom is 0.247 e. The molecule has 6 nitrogen and oxygen atoms in total. The highest BCUT2D eigenvalue weighted by Gasteiger charge is 2.11. The zero-order chi connectivity index (χ0) is 17.2. The van der Waals surface area contributed by atoms with Gasteiger partial charge >= 0.3 is 0 Å². The lowest BCUT2D eigenvalue weighted by molar-refractivity contribution is 0.509. The average Bonchev–Trinajstić information content (AvgIpc) is 3.23. The van der Waals surface area contributed by atoms with Crippen LogP contribution in [0.5, 0.6) is 0 Å². The van der Waals surface area contributed by atoms with Crippen molar-refractivity contribution in [3.63, 3.8) is 0 Å². The first kappa shape index (κ1) is 15.7. The van der Waals surface area contributed by atoms with Gasteiger partial charge in [0.1, 0.15) is 16.5 Å². The number of rotatable bonds is 5. The Morgan fingerprint density at radius 3 is 2.76 bits per heavy atom. The monoisotopic (exact) mass is 351 g/mol. The number of hydrogen-bond acceptors (Lipinski definition) is 7. The van der Waals surface area contributed by atoms with Crippen LogP contribution in [0.15, 0.2) is 40.1 Å². The summed E-state index contributed by atoms with van der Waals surface area (Å²) in [4.78, 5) is 10.0. The number of nitrogens with one attached hydrogen (secondary N) is 1. The van der Waals surface area contributed by atoms with Crippen molar-refractivity contribution in [3.05, 3.63) is 53.0 Å². The summed E-state index contributed by atoms with van der Waals surface area (Å²) in [5, 5.41) is 14.8. The molecular formula is C18H17N5OS. The minimum Gasteiger partial charge on any atom is -0.421 e. The number of hydrogen-bond donors (Lipinski definition) is 1. The lowest BCUT2D eigenvalue weighted by Crippen LogP contribution is -2.08. The quantitative estimate of drug-likeness (QED) is 0.585. The SMILES string of the molecule is Cc1nc(NCCc2nnc(-c3ccccc3)o2)c2c(C)csc2n1. The molecule has 1 N–H and O–H groups in total. The minimum absolute atomic E-state index is 0.546. The van der Waals surface area contributed by atoms with Crippen molar-refractivity contribution < 1.29 is 4.42 Å². The van der Waals surface area contributed by atoms with Crippen molar-refractivity contribution in [1.29, 1.82) is 0 Å². The molecule has 4 rings (SSSR count). The second-order valence-corrected chi connectivity index (χ2v) is 6.62. The van der Waals surface area contributed by atoms with Gasteiger partial charge in [-0.2, -0.15) is 0 Å². The van der Waals surface area contributed by atoms with Crippen molar-refractivity contribution in [2.24, 2.45) is 0 Å². The van der Waals surface area contributed by atoms with Crippen LogP contribution in [0.4, 0.5) is 5.82 Å². The Hall–Kier alpha value is -2.80. The van der Waals surface area contributed by atoms with Crippen LogP contribution in [0, 0.1) is 13.8 Å². The highest BCUT2D eigenvalue weighted by molar-refractivity contribution is 7.17. The second kappa shape index (κ2) is 6.60. The van der Waals surface area contributed by atoms with Crippen LogP contribution in [-0.2, 0) is 6.42 Å². The molecule has 0 aliphatic rings. The number of thiophene rings is 1. The van der Waals surface area contributed by atoms with Crippen LogP contribution in [0.3, 0.4) is 0 Å². The van der Waals surface area contributed by atoms with Gasteiger partial charge in [-0.15, -0.1) is 21.5 Å². The van der Waals surface area contributed by atoms with Crippen molar-refractivity contribution >= 4 is 27.4 Å². The molecule has 4 aromatic rings. The van der Waals surface area contributed by atoms with E-state index in [2.05, 4.69) is 37.8 Å². The number of nitrogens with zero attached hydrogens (tertiary/aromatic N) is 4. The first-order chi connectivity index (χ1) is 12.2. The van der Waals surface area contributed by atoms with Gasteiger partial charge in [0.2, 0.25) is 11.8 Å². The molecular weight excluding hydrogens is 334 g/mol. The van der Waals surface area contributed by atoms with Crippen LogP contribution in [0.25, 0.3) is 21.7 Å². The molecule has 1 aromatic carbocycles. The van der Waals surface area contributed by atoms with E-state index in [9.17, 15) is 0 Å². The highest BCUT2D eigenvalue weighted by Crippen LogP contribution is 2.29. The zero-order valence-corrected chi connectivity index (χ0v) is 14.8. The zero-order valence-electron chi connectivity index (χ0n) is 14.0. The molecule has 3 aromatic heterocycles. The summed E-state index contributed by atoms with van der Waals surface area (Å²) < 4.78 is 5.73. The molecule has 7 heteroatoms. The summed E-state index contributed by atoms with van der Waals surface area (Å²) in [5.74, 6) is 2.78. The summed E-state index contributed by atoms with van der Waals surface area (Å²) in [5.41, 5.74) is 2.11. The van der Waals surface area contributed by atoms with E-state index < -0.39 is 0 Å². The standard InChI is InChI=1S/C18H17N5OS/c1-11-10-25-18-15(11)16(20-12(2)21-18)19-9-8-14-22-23-17(24-14)13-6-4-3-5-7-13/h3-7,10H,8-9H2,1-2H3,(H,19,20,21). The fourth-order valence-corrected chi connectivity index (χ4v) is 3.63. The predicted molar refractivity (Wildman–Crippen MR) is 98.8 cm³/mol. The van der Waals surface area contributed by atoms with Crippen molar-refractivity contribution in [1.82, 2.24) is 20.2 Å². The smallest absolute Gasteiger partial charge is 0.247 e. The summed E-state index contributed by atoms with van der Waals surface area (Å²) in [6.45, 7) is 4.65. The Labute approximate surface area is 149 Å². The van der Waals surface area contributed by atoms with Gasteiger partial charge in [0, 0.05) is 18.5 Å². The van der Waals surface area contributed by atoms with Gasteiger partial charge in [-0.05, 0) is 36.9 Å². The van der Waals surface area contributed by atoms with Crippen LogP contribution in [0.1, 0.15) is 17.3 Å². The van der Waals surface area contributed by atoms with Crippen molar-refractivity contribution in [2.75, 3.05) is 11.9 Å². The van der Waals surface area contributed by atoms with E-state index in [0.717, 1.165) is 27.4 Å². The van der Waals surface area contributed by atoms with Crippen molar-refractivity contribution in [2.45, 2.75) is 20.3 Å². The minimum atomic E-state index is 0.546. The van der Waals surface area contributed by atoms with E-state index in [0.29, 0.717) is 24.7 Å². The third-order valence-electron chi connectivity index (χ3n) is 3.85. The van der Waals surface area contributed by atoms with Gasteiger partial charge in [-0.3, -0.25) is 0 Å². The first-order valence-electron chi connectivity index (χ1n) is 8.05. The molecule has 0 aliphatic carbocycles. The van der Waals surface area contributed by atoms with Gasteiger partial charge in [-0.25, -0.2) is 9.97 Å². The lowest BCUT2D eigenvalue weighted by atomic mass is 10.2. The number of benzene rings is 1. The summed E-state index contributed by atoms with van der Waals surface area (Å²) in [6.07, 6.45) is 0.633. The molecule has 0 unspecified atom stereocenters. The van der Waals surface area contributed by atoms with Gasteiger partial charge in [0.15, 0.2) is 0 Å². The van der Waals surface area contributed by atoms with E-state index in [-0.39, 0.29) is 0 Å². The van der Waals surface area contributed by atoms with Crippen molar-refractivity contribution in [3.8, 4) is 11.5 Å². The number of fused-ring (bicyclic) bond motifs is 1. The molecule has 0 radical (unpaired) electrons. The Morgan fingerprint density at radius 1 is 1.08 bits per heavy atom. The van der Waals surface area contributed by atoms with Gasteiger partial charge in [0.05, 0.1) is 5.39 Å². The van der Waals surface area contributed by atoms with Crippen LogP contribution in [-0.4, -0.2) is 26.7 Å². The van der Waals surface area contributed by atoms with Crippen LogP contribution in [0.2, 0.25) is 0 Å². The van der Waals surface area contributed by atoms with Crippen LogP contribution >= 0.6 is 11.3 Å². The summed E-state index contributed by atoms with van der Waals surface area (Å²) in [7, 11) is 0. The van der Waals surface area contributed by atoms with Gasteiger partial charge < -0.3 is 9.73 Å². The second-order valence-electron chi connectivity index (χ2n) is 5.76. The largest absolute Gasteiger partial charge is 0.421 e. The van der Waals surface area contributed by atoms with E-state index in [1.807, 2.05) is 37.3 Å². The molecule has 0 bridgehead atoms. The first-order valence-corrected chi connectivity index (χ1v) is 8.93. The molecule has 0 spiro atoms. The van der Waals surface area contributed by atoms with E-state index in [4.69, 9.17) is 4.42 Å². The number of aromatic nitrogens is 4. The normalized spacial score (nSPS) is 11.1. The number of aryl methyl sites for hydroxylation is 2. The summed E-state index contributed by atoms with van der Waals surface area (Å²) in [6, 6.07) is 9.77. The molecule has 0 saturated carbocycles. The fourth-order valence-electron chi connectivity index (χ4n) is 2.66. The number of anilines is 1. The molecule has 0 saturated heterocycles. The Kier molecular flexibility index (Phi) is 4.15. The molecule has 0 atom stereocenters. The summed E-state index contributed by atoms with van der Waals surface area (Å²) >= 11 is 1.64. The van der Waals surface area contributed by atoms with Crippen LogP contribution < -0.4 is 5.32 Å². The highest BCUT2D eigenvalue weighted by atomic mass is 32.1. The van der Waals surface area contributed by atoms with E-state index in [1.165, 1.54) is 5.56 Å². The maximum atomic E-state index is 5.73. The Bertz CT molecular complexity index is 1010. The Morgan fingerprint density at radius 2 is 1.92 bits per heavy atom. The van der Waals surface area contributed by atoms with Gasteiger partial charge in [0.25, 0.3) is 0 Å². The molecule has 0 fully saturated rings. The third-order valence-corrected chi connectivity index (χ3v) is 4.84. The third kappa shape index (κ3) is 3.23. The fraction of sp³-hybridized carbons (Fsp3) is 0.222. The molecule has 0 amide bonds. The lowest BCUT2D eigenvalue weighted by Gasteiger charge is -2.07. The molecule has 3 heterocycles. The van der Waals surface area contributed by atoms with E-state index in [1.54, 1.807) is 11.3 Å². The maximum absolute atomic E-state index is 5.73. The van der Waals surface area contributed by atoms with Gasteiger partial charge in [-0.1, -0.05) is 18.2 Å². The molecule has 25 heavy (non-hydrogen) atoms. The van der Waals surface area contributed by atoms with E-state index >= 15 is 0 Å².